The molecule has 0 amide bonds. The first kappa shape index (κ1) is 10.4. The molecule has 0 saturated heterocycles. The molecule has 3 rings (SSSR count). The molecule has 17 heavy (non-hydrogen) atoms. The van der Waals surface area contributed by atoms with Crippen molar-refractivity contribution in [3.8, 4) is 11.3 Å². The van der Waals surface area contributed by atoms with E-state index in [1.54, 1.807) is 0 Å². The molecular formula is C14H9BrN2. The van der Waals surface area contributed by atoms with Crippen LogP contribution in [0.4, 0.5) is 0 Å². The monoisotopic (exact) mass is 284 g/mol. The van der Waals surface area contributed by atoms with Crippen LogP contribution < -0.4 is 0 Å². The highest BCUT2D eigenvalue weighted by Gasteiger charge is 2.02. The largest absolute Gasteiger partial charge is 0.252 e. The number of nitrogens with zero attached hydrogens (tertiary/aromatic N) is 2. The fourth-order valence-corrected chi connectivity index (χ4v) is 2.08. The minimum atomic E-state index is 0.899. The Hall–Kier alpha value is -1.74. The van der Waals surface area contributed by atoms with E-state index in [0.717, 1.165) is 26.8 Å². The van der Waals surface area contributed by atoms with Gasteiger partial charge in [0.05, 0.1) is 22.9 Å². The number of fused-ring (bicyclic) bond motifs is 1. The SMILES string of the molecule is Brc1ccc2ncc(-c3ccccc3)nc2c1. The Morgan fingerprint density at radius 1 is 0.882 bits per heavy atom. The lowest BCUT2D eigenvalue weighted by molar-refractivity contribution is 1.29. The summed E-state index contributed by atoms with van der Waals surface area (Å²) in [6.07, 6.45) is 1.81. The first-order valence-electron chi connectivity index (χ1n) is 5.31. The normalized spacial score (nSPS) is 10.6. The van der Waals surface area contributed by atoms with Gasteiger partial charge in [-0.25, -0.2) is 4.98 Å². The summed E-state index contributed by atoms with van der Waals surface area (Å²) in [4.78, 5) is 9.03. The van der Waals surface area contributed by atoms with Crippen LogP contribution in [0.25, 0.3) is 22.3 Å². The van der Waals surface area contributed by atoms with Crippen molar-refractivity contribution in [2.75, 3.05) is 0 Å². The zero-order chi connectivity index (χ0) is 11.7. The summed E-state index contributed by atoms with van der Waals surface area (Å²) in [7, 11) is 0. The van der Waals surface area contributed by atoms with E-state index in [9.17, 15) is 0 Å². The van der Waals surface area contributed by atoms with Gasteiger partial charge in [0, 0.05) is 10.0 Å². The van der Waals surface area contributed by atoms with E-state index in [0.29, 0.717) is 0 Å². The van der Waals surface area contributed by atoms with Crippen LogP contribution >= 0.6 is 15.9 Å². The number of aromatic nitrogens is 2. The van der Waals surface area contributed by atoms with E-state index in [1.165, 1.54) is 0 Å². The first-order valence-corrected chi connectivity index (χ1v) is 6.10. The van der Waals surface area contributed by atoms with Gasteiger partial charge in [0.15, 0.2) is 0 Å². The summed E-state index contributed by atoms with van der Waals surface area (Å²) in [6.45, 7) is 0. The summed E-state index contributed by atoms with van der Waals surface area (Å²) in [5.74, 6) is 0. The Morgan fingerprint density at radius 2 is 1.71 bits per heavy atom. The van der Waals surface area contributed by atoms with Crippen molar-refractivity contribution in [3.05, 3.63) is 59.2 Å². The fourth-order valence-electron chi connectivity index (χ4n) is 1.73. The molecule has 0 aliphatic rings. The van der Waals surface area contributed by atoms with Gasteiger partial charge in [-0.2, -0.15) is 0 Å². The number of benzene rings is 2. The summed E-state index contributed by atoms with van der Waals surface area (Å²) in [5, 5.41) is 0. The van der Waals surface area contributed by atoms with Crippen molar-refractivity contribution in [1.29, 1.82) is 0 Å². The Balaban J connectivity index is 2.19. The first-order chi connectivity index (χ1) is 8.33. The Labute approximate surface area is 107 Å². The minimum Gasteiger partial charge on any atom is -0.252 e. The molecule has 2 nitrogen and oxygen atoms in total. The van der Waals surface area contributed by atoms with Crippen molar-refractivity contribution >= 4 is 27.0 Å². The lowest BCUT2D eigenvalue weighted by Crippen LogP contribution is -1.88. The Kier molecular flexibility index (Phi) is 2.61. The van der Waals surface area contributed by atoms with Crippen molar-refractivity contribution in [2.24, 2.45) is 0 Å². The highest BCUT2D eigenvalue weighted by Crippen LogP contribution is 2.21. The third kappa shape index (κ3) is 2.06. The van der Waals surface area contributed by atoms with E-state index >= 15 is 0 Å². The predicted octanol–water partition coefficient (Wildman–Crippen LogP) is 4.06. The van der Waals surface area contributed by atoms with E-state index < -0.39 is 0 Å². The number of hydrogen-bond donors (Lipinski definition) is 0. The van der Waals surface area contributed by atoms with Gasteiger partial charge in [-0.15, -0.1) is 0 Å². The summed E-state index contributed by atoms with van der Waals surface area (Å²) < 4.78 is 1.02. The zero-order valence-corrected chi connectivity index (χ0v) is 10.6. The molecular weight excluding hydrogens is 276 g/mol. The van der Waals surface area contributed by atoms with Gasteiger partial charge in [-0.05, 0) is 18.2 Å². The molecule has 82 valence electrons. The Bertz CT molecular complexity index is 665. The predicted molar refractivity (Wildman–Crippen MR) is 72.7 cm³/mol. The summed E-state index contributed by atoms with van der Waals surface area (Å²) >= 11 is 3.45. The van der Waals surface area contributed by atoms with Gasteiger partial charge in [0.25, 0.3) is 0 Å². The molecule has 1 heterocycles. The zero-order valence-electron chi connectivity index (χ0n) is 8.97. The molecule has 0 aliphatic carbocycles. The van der Waals surface area contributed by atoms with Gasteiger partial charge in [-0.3, -0.25) is 4.98 Å². The standard InChI is InChI=1S/C14H9BrN2/c15-11-6-7-12-13(8-11)17-14(9-16-12)10-4-2-1-3-5-10/h1-9H. The average Bonchev–Trinajstić information content (AvgIpc) is 2.39. The smallest absolute Gasteiger partial charge is 0.0905 e. The van der Waals surface area contributed by atoms with Gasteiger partial charge in [-0.1, -0.05) is 46.3 Å². The molecule has 0 fully saturated rings. The van der Waals surface area contributed by atoms with Crippen LogP contribution in [0, 0.1) is 0 Å². The van der Waals surface area contributed by atoms with Crippen molar-refractivity contribution in [1.82, 2.24) is 9.97 Å². The van der Waals surface area contributed by atoms with E-state index in [1.807, 2.05) is 54.7 Å². The quantitative estimate of drug-likeness (QED) is 0.673. The van der Waals surface area contributed by atoms with Crippen molar-refractivity contribution in [2.45, 2.75) is 0 Å². The van der Waals surface area contributed by atoms with Crippen LogP contribution in [0.3, 0.4) is 0 Å². The fraction of sp³-hybridized carbons (Fsp3) is 0. The second-order valence-corrected chi connectivity index (χ2v) is 4.67. The molecule has 0 bridgehead atoms. The van der Waals surface area contributed by atoms with Crippen LogP contribution in [-0.2, 0) is 0 Å². The molecule has 0 saturated carbocycles. The molecule has 0 unspecified atom stereocenters. The van der Waals surface area contributed by atoms with E-state index in [4.69, 9.17) is 0 Å². The molecule has 2 aromatic carbocycles. The van der Waals surface area contributed by atoms with Crippen LogP contribution in [0.2, 0.25) is 0 Å². The van der Waals surface area contributed by atoms with Gasteiger partial charge < -0.3 is 0 Å². The summed E-state index contributed by atoms with van der Waals surface area (Å²) in [5.41, 5.74) is 3.80. The maximum Gasteiger partial charge on any atom is 0.0905 e. The lowest BCUT2D eigenvalue weighted by Gasteiger charge is -2.02. The van der Waals surface area contributed by atoms with Gasteiger partial charge in [0.1, 0.15) is 0 Å². The van der Waals surface area contributed by atoms with Crippen LogP contribution in [0.1, 0.15) is 0 Å². The molecule has 0 N–H and O–H groups in total. The van der Waals surface area contributed by atoms with Gasteiger partial charge >= 0.3 is 0 Å². The van der Waals surface area contributed by atoms with Crippen LogP contribution in [-0.4, -0.2) is 9.97 Å². The molecule has 3 heteroatoms. The molecule has 1 aromatic heterocycles. The topological polar surface area (TPSA) is 25.8 Å². The maximum absolute atomic E-state index is 4.61. The minimum absolute atomic E-state index is 0.899. The maximum atomic E-state index is 4.61. The van der Waals surface area contributed by atoms with E-state index in [-0.39, 0.29) is 0 Å². The number of hydrogen-bond acceptors (Lipinski definition) is 2. The third-order valence-corrected chi connectivity index (χ3v) is 3.07. The molecule has 0 aliphatic heterocycles. The second kappa shape index (κ2) is 4.26. The second-order valence-electron chi connectivity index (χ2n) is 3.75. The number of rotatable bonds is 1. The van der Waals surface area contributed by atoms with Crippen LogP contribution in [0.15, 0.2) is 59.2 Å². The molecule has 0 atom stereocenters. The number of halogens is 1. The molecule has 0 spiro atoms. The highest BCUT2D eigenvalue weighted by atomic mass is 79.9. The lowest BCUT2D eigenvalue weighted by atomic mass is 10.1. The Morgan fingerprint density at radius 3 is 2.53 bits per heavy atom. The average molecular weight is 285 g/mol. The van der Waals surface area contributed by atoms with Gasteiger partial charge in [0.2, 0.25) is 0 Å². The molecule has 0 radical (unpaired) electrons. The van der Waals surface area contributed by atoms with Crippen LogP contribution in [0.5, 0.6) is 0 Å². The highest BCUT2D eigenvalue weighted by molar-refractivity contribution is 9.10. The van der Waals surface area contributed by atoms with E-state index in [2.05, 4.69) is 25.9 Å². The molecule has 3 aromatic rings. The third-order valence-electron chi connectivity index (χ3n) is 2.57. The summed E-state index contributed by atoms with van der Waals surface area (Å²) in [6, 6.07) is 16.0. The van der Waals surface area contributed by atoms with Crippen molar-refractivity contribution < 1.29 is 0 Å². The van der Waals surface area contributed by atoms with Crippen molar-refractivity contribution in [3.63, 3.8) is 0 Å².